The summed E-state index contributed by atoms with van der Waals surface area (Å²) in [6.07, 6.45) is -1.46. The van der Waals surface area contributed by atoms with Gasteiger partial charge >= 0.3 is 0 Å². The molecule has 0 bridgehead atoms. The summed E-state index contributed by atoms with van der Waals surface area (Å²) >= 11 is 0. The molecule has 0 aliphatic rings. The standard InChI is InChI=1S/C13H19F2NO/c1-2-17-8-4-7-16-10-11-5-3-6-12(9-11)13(14)15/h3,5-6,9,13,16H,2,4,7-8,10H2,1H3. The topological polar surface area (TPSA) is 21.3 Å². The molecule has 0 atom stereocenters. The zero-order chi connectivity index (χ0) is 12.5. The molecule has 0 saturated heterocycles. The Morgan fingerprint density at radius 3 is 2.88 bits per heavy atom. The van der Waals surface area contributed by atoms with Gasteiger partial charge in [-0.15, -0.1) is 0 Å². The predicted octanol–water partition coefficient (Wildman–Crippen LogP) is 3.14. The van der Waals surface area contributed by atoms with Gasteiger partial charge in [-0.3, -0.25) is 0 Å². The molecule has 1 aromatic carbocycles. The van der Waals surface area contributed by atoms with Crippen LogP contribution in [0.25, 0.3) is 0 Å². The maximum Gasteiger partial charge on any atom is 0.263 e. The molecule has 0 radical (unpaired) electrons. The molecule has 0 aromatic heterocycles. The second kappa shape index (κ2) is 8.14. The quantitative estimate of drug-likeness (QED) is 0.708. The highest BCUT2D eigenvalue weighted by Gasteiger charge is 2.06. The SMILES string of the molecule is CCOCCCNCc1cccc(C(F)F)c1. The summed E-state index contributed by atoms with van der Waals surface area (Å²) in [7, 11) is 0. The van der Waals surface area contributed by atoms with E-state index in [0.29, 0.717) is 6.54 Å². The summed E-state index contributed by atoms with van der Waals surface area (Å²) in [5, 5.41) is 3.20. The lowest BCUT2D eigenvalue weighted by Gasteiger charge is -2.07. The van der Waals surface area contributed by atoms with E-state index in [-0.39, 0.29) is 5.56 Å². The van der Waals surface area contributed by atoms with Crippen molar-refractivity contribution in [2.24, 2.45) is 0 Å². The Hall–Kier alpha value is -1.00. The molecule has 1 N–H and O–H groups in total. The van der Waals surface area contributed by atoms with Gasteiger partial charge in [0.1, 0.15) is 0 Å². The molecule has 0 amide bonds. The number of halogens is 2. The first-order valence-corrected chi connectivity index (χ1v) is 5.89. The maximum atomic E-state index is 12.4. The van der Waals surface area contributed by atoms with Crippen molar-refractivity contribution in [1.29, 1.82) is 0 Å². The van der Waals surface area contributed by atoms with Gasteiger partial charge in [0.2, 0.25) is 0 Å². The average molecular weight is 243 g/mol. The van der Waals surface area contributed by atoms with E-state index in [2.05, 4.69) is 5.32 Å². The normalized spacial score (nSPS) is 11.1. The van der Waals surface area contributed by atoms with Gasteiger partial charge in [-0.25, -0.2) is 8.78 Å². The summed E-state index contributed by atoms with van der Waals surface area (Å²) in [5.41, 5.74) is 0.970. The van der Waals surface area contributed by atoms with Crippen LogP contribution < -0.4 is 5.32 Å². The first-order chi connectivity index (χ1) is 8.24. The second-order valence-electron chi connectivity index (χ2n) is 3.77. The highest BCUT2D eigenvalue weighted by molar-refractivity contribution is 5.24. The number of benzene rings is 1. The second-order valence-corrected chi connectivity index (χ2v) is 3.77. The van der Waals surface area contributed by atoms with Crippen LogP contribution in [0.4, 0.5) is 8.78 Å². The Morgan fingerprint density at radius 2 is 2.18 bits per heavy atom. The van der Waals surface area contributed by atoms with Crippen LogP contribution in [0.2, 0.25) is 0 Å². The largest absolute Gasteiger partial charge is 0.382 e. The van der Waals surface area contributed by atoms with Crippen molar-refractivity contribution in [3.63, 3.8) is 0 Å². The first kappa shape index (κ1) is 14.1. The molecule has 96 valence electrons. The van der Waals surface area contributed by atoms with Crippen LogP contribution in [0, 0.1) is 0 Å². The van der Waals surface area contributed by atoms with Crippen LogP contribution in [0.5, 0.6) is 0 Å². The molecule has 0 fully saturated rings. The van der Waals surface area contributed by atoms with Crippen molar-refractivity contribution in [3.05, 3.63) is 35.4 Å². The van der Waals surface area contributed by atoms with E-state index in [4.69, 9.17) is 4.74 Å². The average Bonchev–Trinajstić information content (AvgIpc) is 2.34. The molecule has 4 heteroatoms. The number of alkyl halides is 2. The third kappa shape index (κ3) is 5.75. The van der Waals surface area contributed by atoms with Crippen LogP contribution in [-0.4, -0.2) is 19.8 Å². The van der Waals surface area contributed by atoms with E-state index >= 15 is 0 Å². The molecule has 0 heterocycles. The predicted molar refractivity (Wildman–Crippen MR) is 64.2 cm³/mol. The van der Waals surface area contributed by atoms with Crippen LogP contribution >= 0.6 is 0 Å². The molecule has 0 aliphatic heterocycles. The Balaban J connectivity index is 2.24. The molecule has 2 nitrogen and oxygen atoms in total. The molecule has 1 aromatic rings. The van der Waals surface area contributed by atoms with Crippen LogP contribution in [0.3, 0.4) is 0 Å². The maximum absolute atomic E-state index is 12.4. The molecule has 17 heavy (non-hydrogen) atoms. The van der Waals surface area contributed by atoms with Gasteiger partial charge in [0.05, 0.1) is 0 Å². The first-order valence-electron chi connectivity index (χ1n) is 5.89. The minimum Gasteiger partial charge on any atom is -0.382 e. The van der Waals surface area contributed by atoms with Crippen molar-refractivity contribution >= 4 is 0 Å². The van der Waals surface area contributed by atoms with Crippen LogP contribution in [0.15, 0.2) is 24.3 Å². The molecule has 0 unspecified atom stereocenters. The molecule has 1 rings (SSSR count). The summed E-state index contributed by atoms with van der Waals surface area (Å²) in [6, 6.07) is 6.50. The van der Waals surface area contributed by atoms with Crippen molar-refractivity contribution in [2.45, 2.75) is 26.3 Å². The Kier molecular flexibility index (Phi) is 6.74. The van der Waals surface area contributed by atoms with E-state index < -0.39 is 6.43 Å². The monoisotopic (exact) mass is 243 g/mol. The number of hydrogen-bond acceptors (Lipinski definition) is 2. The third-order valence-corrected chi connectivity index (χ3v) is 2.38. The Bertz CT molecular complexity index is 318. The zero-order valence-corrected chi connectivity index (χ0v) is 10.1. The minimum absolute atomic E-state index is 0.0821. The number of nitrogens with one attached hydrogen (secondary N) is 1. The van der Waals surface area contributed by atoms with Gasteiger partial charge in [0.25, 0.3) is 6.43 Å². The van der Waals surface area contributed by atoms with Gasteiger partial charge in [-0.05, 0) is 31.5 Å². The molecule has 0 aliphatic carbocycles. The lowest BCUT2D eigenvalue weighted by Crippen LogP contribution is -2.16. The van der Waals surface area contributed by atoms with Gasteiger partial charge in [-0.1, -0.05) is 18.2 Å². The van der Waals surface area contributed by atoms with Crippen molar-refractivity contribution in [3.8, 4) is 0 Å². The Labute approximate surface area is 101 Å². The van der Waals surface area contributed by atoms with E-state index in [1.54, 1.807) is 12.1 Å². The summed E-state index contributed by atoms with van der Waals surface area (Å²) < 4.78 is 30.1. The van der Waals surface area contributed by atoms with Crippen LogP contribution in [-0.2, 0) is 11.3 Å². The van der Waals surface area contributed by atoms with E-state index in [0.717, 1.165) is 31.7 Å². The molecule has 0 saturated carbocycles. The number of hydrogen-bond donors (Lipinski definition) is 1. The van der Waals surface area contributed by atoms with E-state index in [9.17, 15) is 8.78 Å². The summed E-state index contributed by atoms with van der Waals surface area (Å²) in [6.45, 7) is 4.88. The lowest BCUT2D eigenvalue weighted by molar-refractivity contribution is 0.144. The fourth-order valence-corrected chi connectivity index (χ4v) is 1.52. The summed E-state index contributed by atoms with van der Waals surface area (Å²) in [4.78, 5) is 0. The fourth-order valence-electron chi connectivity index (χ4n) is 1.52. The Morgan fingerprint density at radius 1 is 1.35 bits per heavy atom. The zero-order valence-electron chi connectivity index (χ0n) is 10.1. The fraction of sp³-hybridized carbons (Fsp3) is 0.538. The highest BCUT2D eigenvalue weighted by Crippen LogP contribution is 2.19. The van der Waals surface area contributed by atoms with Gasteiger partial charge < -0.3 is 10.1 Å². The number of rotatable bonds is 8. The van der Waals surface area contributed by atoms with E-state index in [1.807, 2.05) is 13.0 Å². The summed E-state index contributed by atoms with van der Waals surface area (Å²) in [5.74, 6) is 0. The lowest BCUT2D eigenvalue weighted by atomic mass is 10.1. The van der Waals surface area contributed by atoms with Crippen molar-refractivity contribution < 1.29 is 13.5 Å². The molecule has 0 spiro atoms. The van der Waals surface area contributed by atoms with Gasteiger partial charge in [-0.2, -0.15) is 0 Å². The minimum atomic E-state index is -2.40. The van der Waals surface area contributed by atoms with Crippen molar-refractivity contribution in [2.75, 3.05) is 19.8 Å². The number of ether oxygens (including phenoxy) is 1. The smallest absolute Gasteiger partial charge is 0.263 e. The third-order valence-electron chi connectivity index (χ3n) is 2.38. The van der Waals surface area contributed by atoms with Gasteiger partial charge in [0.15, 0.2) is 0 Å². The van der Waals surface area contributed by atoms with Crippen molar-refractivity contribution in [1.82, 2.24) is 5.32 Å². The van der Waals surface area contributed by atoms with Gasteiger partial charge in [0, 0.05) is 25.3 Å². The molecular formula is C13H19F2NO. The molecular weight excluding hydrogens is 224 g/mol. The van der Waals surface area contributed by atoms with Crippen LogP contribution in [0.1, 0.15) is 30.9 Å². The highest BCUT2D eigenvalue weighted by atomic mass is 19.3. The van der Waals surface area contributed by atoms with E-state index in [1.165, 1.54) is 6.07 Å².